The SMILES string of the molecule is CCc1cccc(CC)c1NC(=O)C(=O)Nc1ccc(F)cc1F. The van der Waals surface area contributed by atoms with E-state index in [1.807, 2.05) is 32.0 Å². The van der Waals surface area contributed by atoms with Crippen LogP contribution in [0.2, 0.25) is 0 Å². The molecule has 24 heavy (non-hydrogen) atoms. The molecule has 6 heteroatoms. The molecule has 0 saturated carbocycles. The highest BCUT2D eigenvalue weighted by Gasteiger charge is 2.18. The van der Waals surface area contributed by atoms with Crippen molar-refractivity contribution < 1.29 is 18.4 Å². The maximum Gasteiger partial charge on any atom is 0.314 e. The van der Waals surface area contributed by atoms with E-state index in [1.54, 1.807) is 0 Å². The van der Waals surface area contributed by atoms with Gasteiger partial charge in [-0.05, 0) is 36.1 Å². The first-order valence-corrected chi connectivity index (χ1v) is 7.64. The quantitative estimate of drug-likeness (QED) is 0.840. The molecule has 0 radical (unpaired) electrons. The maximum absolute atomic E-state index is 13.6. The van der Waals surface area contributed by atoms with E-state index in [-0.39, 0.29) is 5.69 Å². The zero-order chi connectivity index (χ0) is 17.7. The molecule has 2 aromatic carbocycles. The van der Waals surface area contributed by atoms with Gasteiger partial charge in [-0.3, -0.25) is 9.59 Å². The summed E-state index contributed by atoms with van der Waals surface area (Å²) in [5, 5.41) is 4.72. The lowest BCUT2D eigenvalue weighted by Gasteiger charge is -2.14. The lowest BCUT2D eigenvalue weighted by Crippen LogP contribution is -2.30. The Hall–Kier alpha value is -2.76. The van der Waals surface area contributed by atoms with E-state index in [4.69, 9.17) is 0 Å². The van der Waals surface area contributed by atoms with Gasteiger partial charge in [0.05, 0.1) is 5.69 Å². The van der Waals surface area contributed by atoms with Crippen molar-refractivity contribution in [3.05, 3.63) is 59.2 Å². The van der Waals surface area contributed by atoms with Crippen LogP contribution in [0, 0.1) is 11.6 Å². The third-order valence-electron chi connectivity index (χ3n) is 3.62. The first kappa shape index (κ1) is 17.6. The summed E-state index contributed by atoms with van der Waals surface area (Å²) in [7, 11) is 0. The van der Waals surface area contributed by atoms with Crippen LogP contribution in [-0.2, 0) is 22.4 Å². The van der Waals surface area contributed by atoms with Crippen LogP contribution in [0.5, 0.6) is 0 Å². The lowest BCUT2D eigenvalue weighted by molar-refractivity contribution is -0.133. The monoisotopic (exact) mass is 332 g/mol. The van der Waals surface area contributed by atoms with Crippen molar-refractivity contribution in [2.24, 2.45) is 0 Å². The summed E-state index contributed by atoms with van der Waals surface area (Å²) in [5.74, 6) is -3.64. The summed E-state index contributed by atoms with van der Waals surface area (Å²) in [5.41, 5.74) is 2.16. The maximum atomic E-state index is 13.6. The fourth-order valence-electron chi connectivity index (χ4n) is 2.34. The molecule has 4 nitrogen and oxygen atoms in total. The predicted octanol–water partition coefficient (Wildman–Crippen LogP) is 3.67. The Labute approximate surface area is 138 Å². The molecule has 0 aromatic heterocycles. The van der Waals surface area contributed by atoms with Crippen LogP contribution in [0.4, 0.5) is 20.2 Å². The molecular weight excluding hydrogens is 314 g/mol. The molecule has 2 amide bonds. The standard InChI is InChI=1S/C18H18F2N2O2/c1-3-11-6-5-7-12(4-2)16(11)22-18(24)17(23)21-15-9-8-13(19)10-14(15)20/h5-10H,3-4H2,1-2H3,(H,21,23)(H,22,24). The van der Waals surface area contributed by atoms with E-state index in [2.05, 4.69) is 10.6 Å². The highest BCUT2D eigenvalue weighted by Crippen LogP contribution is 2.22. The first-order chi connectivity index (χ1) is 11.5. The number of hydrogen-bond acceptors (Lipinski definition) is 2. The number of amides is 2. The average Bonchev–Trinajstić information content (AvgIpc) is 2.57. The van der Waals surface area contributed by atoms with Crippen LogP contribution in [0.15, 0.2) is 36.4 Å². The average molecular weight is 332 g/mol. The zero-order valence-corrected chi connectivity index (χ0v) is 13.5. The Morgan fingerprint density at radius 3 is 2.04 bits per heavy atom. The van der Waals surface area contributed by atoms with Crippen LogP contribution in [0.3, 0.4) is 0 Å². The van der Waals surface area contributed by atoms with Gasteiger partial charge in [0.15, 0.2) is 0 Å². The number of para-hydroxylation sites is 1. The Bertz CT molecular complexity index is 753. The van der Waals surface area contributed by atoms with Crippen LogP contribution in [0.25, 0.3) is 0 Å². The Morgan fingerprint density at radius 1 is 0.917 bits per heavy atom. The zero-order valence-electron chi connectivity index (χ0n) is 13.5. The van der Waals surface area contributed by atoms with Gasteiger partial charge in [-0.2, -0.15) is 0 Å². The van der Waals surface area contributed by atoms with Crippen LogP contribution >= 0.6 is 0 Å². The third kappa shape index (κ3) is 3.95. The second-order valence-corrected chi connectivity index (χ2v) is 5.19. The highest BCUT2D eigenvalue weighted by atomic mass is 19.1. The minimum Gasteiger partial charge on any atom is -0.317 e. The molecule has 2 aromatic rings. The molecular formula is C18H18F2N2O2. The van der Waals surface area contributed by atoms with Gasteiger partial charge in [0, 0.05) is 11.8 Å². The van der Waals surface area contributed by atoms with Crippen molar-refractivity contribution in [2.45, 2.75) is 26.7 Å². The molecule has 0 bridgehead atoms. The number of anilines is 2. The molecule has 0 aliphatic heterocycles. The summed E-state index contributed by atoms with van der Waals surface area (Å²) in [4.78, 5) is 24.1. The molecule has 0 heterocycles. The smallest absolute Gasteiger partial charge is 0.314 e. The minimum atomic E-state index is -1.02. The van der Waals surface area contributed by atoms with Crippen molar-refractivity contribution in [1.82, 2.24) is 0 Å². The Kier molecular flexibility index (Phi) is 5.63. The van der Waals surface area contributed by atoms with Gasteiger partial charge in [-0.25, -0.2) is 8.78 Å². The molecule has 0 unspecified atom stereocenters. The molecule has 0 aliphatic rings. The summed E-state index contributed by atoms with van der Waals surface area (Å²) >= 11 is 0. The predicted molar refractivity (Wildman–Crippen MR) is 88.8 cm³/mol. The number of benzene rings is 2. The van der Waals surface area contributed by atoms with Crippen LogP contribution in [0.1, 0.15) is 25.0 Å². The van der Waals surface area contributed by atoms with Gasteiger partial charge in [-0.1, -0.05) is 32.0 Å². The number of nitrogens with one attached hydrogen (secondary N) is 2. The Balaban J connectivity index is 2.16. The van der Waals surface area contributed by atoms with Crippen molar-refractivity contribution in [3.8, 4) is 0 Å². The van der Waals surface area contributed by atoms with Gasteiger partial charge in [0.2, 0.25) is 0 Å². The van der Waals surface area contributed by atoms with E-state index in [9.17, 15) is 18.4 Å². The number of aryl methyl sites for hydroxylation is 2. The van der Waals surface area contributed by atoms with Crippen molar-refractivity contribution in [2.75, 3.05) is 10.6 Å². The third-order valence-corrected chi connectivity index (χ3v) is 3.62. The number of halogens is 2. The molecule has 0 aliphatic carbocycles. The van der Waals surface area contributed by atoms with Crippen LogP contribution in [-0.4, -0.2) is 11.8 Å². The second-order valence-electron chi connectivity index (χ2n) is 5.19. The molecule has 0 fully saturated rings. The molecule has 0 atom stereocenters. The summed E-state index contributed by atoms with van der Waals surface area (Å²) < 4.78 is 26.4. The van der Waals surface area contributed by atoms with Crippen molar-refractivity contribution >= 4 is 23.2 Å². The molecule has 0 spiro atoms. The van der Waals surface area contributed by atoms with E-state index < -0.39 is 23.4 Å². The van der Waals surface area contributed by atoms with Crippen LogP contribution < -0.4 is 10.6 Å². The van der Waals surface area contributed by atoms with Crippen molar-refractivity contribution in [3.63, 3.8) is 0 Å². The van der Waals surface area contributed by atoms with Gasteiger partial charge in [-0.15, -0.1) is 0 Å². The summed E-state index contributed by atoms with van der Waals surface area (Å²) in [6.07, 6.45) is 1.38. The fraction of sp³-hybridized carbons (Fsp3) is 0.222. The number of carbonyl (C=O) groups excluding carboxylic acids is 2. The van der Waals surface area contributed by atoms with Crippen molar-refractivity contribution in [1.29, 1.82) is 0 Å². The normalized spacial score (nSPS) is 10.3. The minimum absolute atomic E-state index is 0.254. The molecule has 0 saturated heterocycles. The molecule has 2 N–H and O–H groups in total. The van der Waals surface area contributed by atoms with E-state index in [1.165, 1.54) is 0 Å². The highest BCUT2D eigenvalue weighted by molar-refractivity contribution is 6.43. The van der Waals surface area contributed by atoms with Gasteiger partial charge in [0.25, 0.3) is 0 Å². The number of rotatable bonds is 4. The Morgan fingerprint density at radius 2 is 1.50 bits per heavy atom. The number of carbonyl (C=O) groups is 2. The van der Waals surface area contributed by atoms with Gasteiger partial charge < -0.3 is 10.6 Å². The fourth-order valence-corrected chi connectivity index (χ4v) is 2.34. The largest absolute Gasteiger partial charge is 0.317 e. The first-order valence-electron chi connectivity index (χ1n) is 7.64. The topological polar surface area (TPSA) is 58.2 Å². The summed E-state index contributed by atoms with van der Waals surface area (Å²) in [6, 6.07) is 8.32. The van der Waals surface area contributed by atoms with E-state index in [0.29, 0.717) is 24.6 Å². The summed E-state index contributed by atoms with van der Waals surface area (Å²) in [6.45, 7) is 3.89. The lowest BCUT2D eigenvalue weighted by atomic mass is 10.0. The molecule has 126 valence electrons. The van der Waals surface area contributed by atoms with Gasteiger partial charge >= 0.3 is 11.8 Å². The molecule has 2 rings (SSSR count). The van der Waals surface area contributed by atoms with Gasteiger partial charge in [0.1, 0.15) is 11.6 Å². The number of hydrogen-bond donors (Lipinski definition) is 2. The van der Waals surface area contributed by atoms with E-state index >= 15 is 0 Å². The van der Waals surface area contributed by atoms with E-state index in [0.717, 1.165) is 23.3 Å². The second kappa shape index (κ2) is 7.68.